The van der Waals surface area contributed by atoms with Gasteiger partial charge in [0.1, 0.15) is 0 Å². The summed E-state index contributed by atoms with van der Waals surface area (Å²) in [6, 6.07) is 0. The van der Waals surface area contributed by atoms with E-state index in [1.54, 1.807) is 0 Å². The molecule has 1 N–H and O–H groups in total. The fourth-order valence-electron chi connectivity index (χ4n) is 1.63. The Bertz CT molecular complexity index is 152. The van der Waals surface area contributed by atoms with Gasteiger partial charge in [0.25, 0.3) is 0 Å². The molecule has 13 heavy (non-hydrogen) atoms. The topological polar surface area (TPSA) is 24.4 Å². The van der Waals surface area contributed by atoms with E-state index in [4.69, 9.17) is 0 Å². The number of hydrogen-bond donors (Lipinski definition) is 1. The second-order valence-electron chi connectivity index (χ2n) is 3.77. The van der Waals surface area contributed by atoms with Gasteiger partial charge in [-0.3, -0.25) is 4.99 Å². The first kappa shape index (κ1) is 10.6. The molecule has 76 valence electrons. The van der Waals surface area contributed by atoms with Crippen molar-refractivity contribution in [3.05, 3.63) is 0 Å². The van der Waals surface area contributed by atoms with Crippen molar-refractivity contribution < 1.29 is 0 Å². The molecule has 1 aliphatic heterocycles. The quantitative estimate of drug-likeness (QED) is 0.664. The average molecular weight is 182 g/mol. The molecular weight excluding hydrogens is 160 g/mol. The van der Waals surface area contributed by atoms with E-state index in [1.165, 1.54) is 50.8 Å². The first-order chi connectivity index (χ1) is 6.43. The summed E-state index contributed by atoms with van der Waals surface area (Å²) in [5.41, 5.74) is 0. The highest BCUT2D eigenvalue weighted by Crippen LogP contribution is 2.06. The van der Waals surface area contributed by atoms with Crippen LogP contribution in [-0.2, 0) is 0 Å². The Morgan fingerprint density at radius 3 is 3.00 bits per heavy atom. The molecule has 0 aromatic heterocycles. The van der Waals surface area contributed by atoms with Crippen molar-refractivity contribution in [1.82, 2.24) is 5.32 Å². The summed E-state index contributed by atoms with van der Waals surface area (Å²) in [6.07, 6.45) is 9.04. The second kappa shape index (κ2) is 6.93. The van der Waals surface area contributed by atoms with E-state index in [-0.39, 0.29) is 0 Å². The van der Waals surface area contributed by atoms with Gasteiger partial charge >= 0.3 is 0 Å². The first-order valence-electron chi connectivity index (χ1n) is 5.70. The lowest BCUT2D eigenvalue weighted by Gasteiger charge is -2.07. The average Bonchev–Trinajstić information content (AvgIpc) is 2.41. The minimum atomic E-state index is 1.04. The number of unbranched alkanes of at least 4 members (excludes halogenated alkanes) is 2. The molecule has 0 aromatic rings. The summed E-state index contributed by atoms with van der Waals surface area (Å²) in [5, 5.41) is 3.45. The number of nitrogens with one attached hydrogen (secondary N) is 1. The van der Waals surface area contributed by atoms with Crippen molar-refractivity contribution in [2.45, 2.75) is 51.9 Å². The van der Waals surface area contributed by atoms with Crippen LogP contribution in [0, 0.1) is 0 Å². The zero-order valence-corrected chi connectivity index (χ0v) is 8.81. The third-order valence-corrected chi connectivity index (χ3v) is 2.48. The first-order valence-corrected chi connectivity index (χ1v) is 5.70. The Balaban J connectivity index is 2.08. The number of amidine groups is 1. The Kier molecular flexibility index (Phi) is 5.62. The molecule has 0 aliphatic carbocycles. The highest BCUT2D eigenvalue weighted by atomic mass is 15.0. The predicted molar refractivity (Wildman–Crippen MR) is 58.3 cm³/mol. The van der Waals surface area contributed by atoms with Crippen molar-refractivity contribution in [2.24, 2.45) is 4.99 Å². The van der Waals surface area contributed by atoms with E-state index in [2.05, 4.69) is 17.2 Å². The predicted octanol–water partition coefficient (Wildman–Crippen LogP) is 2.74. The minimum absolute atomic E-state index is 1.04. The van der Waals surface area contributed by atoms with Crippen LogP contribution in [0.1, 0.15) is 51.9 Å². The molecule has 2 heteroatoms. The molecule has 0 atom stereocenters. The van der Waals surface area contributed by atoms with Gasteiger partial charge in [-0.2, -0.15) is 0 Å². The van der Waals surface area contributed by atoms with Crippen LogP contribution >= 0.6 is 0 Å². The van der Waals surface area contributed by atoms with Gasteiger partial charge in [-0.05, 0) is 19.3 Å². The molecule has 0 aromatic carbocycles. The summed E-state index contributed by atoms with van der Waals surface area (Å²) >= 11 is 0. The molecule has 0 saturated heterocycles. The molecule has 2 nitrogen and oxygen atoms in total. The SMILES string of the molecule is CCCCCNC1=NCCCCC1. The Morgan fingerprint density at radius 2 is 2.15 bits per heavy atom. The van der Waals surface area contributed by atoms with Crippen LogP contribution in [0.2, 0.25) is 0 Å². The van der Waals surface area contributed by atoms with Crippen LogP contribution in [0.3, 0.4) is 0 Å². The maximum atomic E-state index is 4.53. The molecule has 0 saturated carbocycles. The minimum Gasteiger partial charge on any atom is -0.374 e. The highest BCUT2D eigenvalue weighted by molar-refractivity contribution is 5.82. The number of rotatable bonds is 4. The number of hydrogen-bond acceptors (Lipinski definition) is 2. The van der Waals surface area contributed by atoms with E-state index in [1.807, 2.05) is 0 Å². The van der Waals surface area contributed by atoms with Crippen LogP contribution in [0.4, 0.5) is 0 Å². The summed E-state index contributed by atoms with van der Waals surface area (Å²) in [6.45, 7) is 4.39. The zero-order chi connectivity index (χ0) is 9.36. The van der Waals surface area contributed by atoms with Crippen molar-refractivity contribution in [3.8, 4) is 0 Å². The van der Waals surface area contributed by atoms with Gasteiger partial charge in [-0.15, -0.1) is 0 Å². The second-order valence-corrected chi connectivity index (χ2v) is 3.77. The number of nitrogens with zero attached hydrogens (tertiary/aromatic N) is 1. The normalized spacial score (nSPS) is 17.8. The van der Waals surface area contributed by atoms with E-state index in [0.717, 1.165) is 13.1 Å². The van der Waals surface area contributed by atoms with Gasteiger partial charge in [-0.1, -0.05) is 26.2 Å². The van der Waals surface area contributed by atoms with Gasteiger partial charge in [-0.25, -0.2) is 0 Å². The fraction of sp³-hybridized carbons (Fsp3) is 0.909. The van der Waals surface area contributed by atoms with Crippen LogP contribution in [0.15, 0.2) is 4.99 Å². The van der Waals surface area contributed by atoms with Gasteiger partial charge < -0.3 is 5.32 Å². The van der Waals surface area contributed by atoms with Crippen LogP contribution in [0.5, 0.6) is 0 Å². The molecule has 0 radical (unpaired) electrons. The summed E-state index contributed by atoms with van der Waals surface area (Å²) in [7, 11) is 0. The van der Waals surface area contributed by atoms with E-state index in [0.29, 0.717) is 0 Å². The summed E-state index contributed by atoms with van der Waals surface area (Å²) < 4.78 is 0. The standard InChI is InChI=1S/C11H22N2/c1-2-3-6-9-12-11-8-5-4-7-10-13-11/h2-10H2,1H3,(H,12,13). The van der Waals surface area contributed by atoms with E-state index < -0.39 is 0 Å². The third-order valence-electron chi connectivity index (χ3n) is 2.48. The van der Waals surface area contributed by atoms with Crippen LogP contribution in [0.25, 0.3) is 0 Å². The Hall–Kier alpha value is -0.530. The monoisotopic (exact) mass is 182 g/mol. The zero-order valence-electron chi connectivity index (χ0n) is 8.81. The lowest BCUT2D eigenvalue weighted by Crippen LogP contribution is -2.24. The number of aliphatic imine (C=N–C) groups is 1. The van der Waals surface area contributed by atoms with Crippen LogP contribution < -0.4 is 5.32 Å². The molecule has 1 aliphatic rings. The smallest absolute Gasteiger partial charge is 0.0963 e. The molecule has 0 fully saturated rings. The van der Waals surface area contributed by atoms with Crippen molar-refractivity contribution in [1.29, 1.82) is 0 Å². The summed E-state index contributed by atoms with van der Waals surface area (Å²) in [4.78, 5) is 4.53. The third kappa shape index (κ3) is 4.91. The van der Waals surface area contributed by atoms with Gasteiger partial charge in [0.2, 0.25) is 0 Å². The molecule has 0 unspecified atom stereocenters. The lowest BCUT2D eigenvalue weighted by molar-refractivity contribution is 0.687. The van der Waals surface area contributed by atoms with Crippen molar-refractivity contribution in [3.63, 3.8) is 0 Å². The molecule has 0 bridgehead atoms. The largest absolute Gasteiger partial charge is 0.374 e. The van der Waals surface area contributed by atoms with Gasteiger partial charge in [0, 0.05) is 19.5 Å². The molecule has 0 amide bonds. The lowest BCUT2D eigenvalue weighted by atomic mass is 10.2. The molecule has 1 heterocycles. The Labute approximate surface area is 81.8 Å². The van der Waals surface area contributed by atoms with Crippen molar-refractivity contribution >= 4 is 5.84 Å². The molecular formula is C11H22N2. The summed E-state index contributed by atoms with van der Waals surface area (Å²) in [5.74, 6) is 1.26. The van der Waals surface area contributed by atoms with Crippen molar-refractivity contribution in [2.75, 3.05) is 13.1 Å². The van der Waals surface area contributed by atoms with Crippen LogP contribution in [-0.4, -0.2) is 18.9 Å². The Morgan fingerprint density at radius 1 is 1.23 bits per heavy atom. The van der Waals surface area contributed by atoms with E-state index in [9.17, 15) is 0 Å². The maximum Gasteiger partial charge on any atom is 0.0963 e. The maximum absolute atomic E-state index is 4.53. The highest BCUT2D eigenvalue weighted by Gasteiger charge is 2.02. The van der Waals surface area contributed by atoms with Gasteiger partial charge in [0.05, 0.1) is 5.84 Å². The fourth-order valence-corrected chi connectivity index (χ4v) is 1.63. The molecule has 1 rings (SSSR count). The van der Waals surface area contributed by atoms with Gasteiger partial charge in [0.15, 0.2) is 0 Å². The van der Waals surface area contributed by atoms with E-state index >= 15 is 0 Å². The molecule has 0 spiro atoms.